The minimum Gasteiger partial charge on any atom is -0.475 e. The van der Waals surface area contributed by atoms with E-state index in [1.807, 2.05) is 4.90 Å². The minimum atomic E-state index is -1.14. The Balaban J connectivity index is 1.74. The lowest BCUT2D eigenvalue weighted by molar-refractivity contribution is 0.0470. The van der Waals surface area contributed by atoms with Crippen LogP contribution in [0.2, 0.25) is 0 Å². The zero-order chi connectivity index (χ0) is 13.4. The molecule has 1 aliphatic heterocycles. The summed E-state index contributed by atoms with van der Waals surface area (Å²) in [5.41, 5.74) is 0. The van der Waals surface area contributed by atoms with Crippen LogP contribution in [0.4, 0.5) is 0 Å². The van der Waals surface area contributed by atoms with Gasteiger partial charge in [-0.15, -0.1) is 0 Å². The second kappa shape index (κ2) is 4.72. The molecule has 102 valence electrons. The molecule has 0 aromatic carbocycles. The van der Waals surface area contributed by atoms with Crippen molar-refractivity contribution >= 4 is 11.9 Å². The Labute approximate surface area is 111 Å². The number of hydrogen-bond acceptors (Lipinski definition) is 3. The summed E-state index contributed by atoms with van der Waals surface area (Å²) in [6, 6.07) is 2.79. The summed E-state index contributed by atoms with van der Waals surface area (Å²) in [5, 5.41) is 8.80. The largest absolute Gasteiger partial charge is 0.475 e. The van der Waals surface area contributed by atoms with Gasteiger partial charge in [0.15, 0.2) is 5.76 Å². The van der Waals surface area contributed by atoms with Gasteiger partial charge in [0, 0.05) is 13.1 Å². The molecule has 1 saturated carbocycles. The van der Waals surface area contributed by atoms with Crippen LogP contribution in [-0.4, -0.2) is 35.0 Å². The fraction of sp³-hybridized carbons (Fsp3) is 0.571. The van der Waals surface area contributed by atoms with E-state index >= 15 is 0 Å². The Kier molecular flexibility index (Phi) is 3.05. The molecule has 2 aliphatic rings. The topological polar surface area (TPSA) is 70.8 Å². The fourth-order valence-electron chi connectivity index (χ4n) is 3.32. The van der Waals surface area contributed by atoms with Gasteiger partial charge in [-0.05, 0) is 43.2 Å². The van der Waals surface area contributed by atoms with E-state index in [-0.39, 0.29) is 17.4 Å². The fourth-order valence-corrected chi connectivity index (χ4v) is 3.32. The zero-order valence-electron chi connectivity index (χ0n) is 10.7. The molecule has 1 aromatic heterocycles. The number of fused-ring (bicyclic) bond motifs is 2. The summed E-state index contributed by atoms with van der Waals surface area (Å²) in [7, 11) is 0. The van der Waals surface area contributed by atoms with E-state index in [0.717, 1.165) is 13.1 Å². The van der Waals surface area contributed by atoms with E-state index in [2.05, 4.69) is 0 Å². The van der Waals surface area contributed by atoms with Gasteiger partial charge in [0.1, 0.15) is 0 Å². The lowest BCUT2D eigenvalue weighted by atomic mass is 9.78. The first-order valence-electron chi connectivity index (χ1n) is 6.76. The third-order valence-electron chi connectivity index (χ3n) is 4.16. The number of hydrogen-bond donors (Lipinski definition) is 1. The summed E-state index contributed by atoms with van der Waals surface area (Å²) >= 11 is 0. The molecular weight excluding hydrogens is 246 g/mol. The zero-order valence-corrected chi connectivity index (χ0v) is 10.7. The number of furan rings is 1. The van der Waals surface area contributed by atoms with Crippen molar-refractivity contribution in [3.8, 4) is 0 Å². The first-order chi connectivity index (χ1) is 9.13. The van der Waals surface area contributed by atoms with Gasteiger partial charge < -0.3 is 14.4 Å². The van der Waals surface area contributed by atoms with Crippen molar-refractivity contribution in [2.75, 3.05) is 13.1 Å². The van der Waals surface area contributed by atoms with Crippen LogP contribution in [0.15, 0.2) is 16.5 Å². The quantitative estimate of drug-likeness (QED) is 0.888. The molecule has 0 radical (unpaired) electrons. The smallest absolute Gasteiger partial charge is 0.371 e. The van der Waals surface area contributed by atoms with Crippen molar-refractivity contribution < 1.29 is 19.1 Å². The molecule has 0 spiro atoms. The van der Waals surface area contributed by atoms with Crippen LogP contribution in [-0.2, 0) is 0 Å². The van der Waals surface area contributed by atoms with Crippen molar-refractivity contribution in [2.45, 2.75) is 25.7 Å². The number of carboxylic acid groups (broad SMARTS) is 1. The maximum absolute atomic E-state index is 12.3. The molecule has 2 fully saturated rings. The Morgan fingerprint density at radius 2 is 1.79 bits per heavy atom. The molecule has 1 aliphatic carbocycles. The highest BCUT2D eigenvalue weighted by Gasteiger charge is 2.33. The first kappa shape index (κ1) is 12.3. The molecule has 3 rings (SSSR count). The van der Waals surface area contributed by atoms with Crippen molar-refractivity contribution in [1.82, 2.24) is 4.90 Å². The van der Waals surface area contributed by atoms with Gasteiger partial charge in [-0.2, -0.15) is 0 Å². The highest BCUT2D eigenvalue weighted by molar-refractivity contribution is 5.93. The second-order valence-corrected chi connectivity index (χ2v) is 5.58. The summed E-state index contributed by atoms with van der Waals surface area (Å²) < 4.78 is 5.09. The van der Waals surface area contributed by atoms with Crippen LogP contribution in [0, 0.1) is 11.8 Å². The van der Waals surface area contributed by atoms with E-state index in [0.29, 0.717) is 11.8 Å². The highest BCUT2D eigenvalue weighted by atomic mass is 16.4. The molecule has 2 unspecified atom stereocenters. The number of piperidine rings is 1. The monoisotopic (exact) mass is 263 g/mol. The summed E-state index contributed by atoms with van der Waals surface area (Å²) in [6.45, 7) is 1.55. The van der Waals surface area contributed by atoms with Gasteiger partial charge in [0.25, 0.3) is 5.91 Å². The van der Waals surface area contributed by atoms with Crippen molar-refractivity contribution in [3.05, 3.63) is 23.7 Å². The molecule has 2 bridgehead atoms. The first-order valence-corrected chi connectivity index (χ1v) is 6.76. The molecule has 2 heterocycles. The molecule has 5 heteroatoms. The number of rotatable bonds is 2. The molecule has 1 aromatic rings. The van der Waals surface area contributed by atoms with Crippen molar-refractivity contribution in [1.29, 1.82) is 0 Å². The van der Waals surface area contributed by atoms with E-state index in [1.54, 1.807) is 0 Å². The average Bonchev–Trinajstić information content (AvgIpc) is 2.87. The van der Waals surface area contributed by atoms with Crippen LogP contribution >= 0.6 is 0 Å². The number of nitrogens with zero attached hydrogens (tertiary/aromatic N) is 1. The maximum atomic E-state index is 12.3. The normalized spacial score (nSPS) is 26.2. The number of aromatic carboxylic acids is 1. The third-order valence-corrected chi connectivity index (χ3v) is 4.16. The molecule has 1 amide bonds. The van der Waals surface area contributed by atoms with Gasteiger partial charge in [-0.25, -0.2) is 4.79 Å². The molecule has 1 saturated heterocycles. The molecule has 19 heavy (non-hydrogen) atoms. The predicted molar refractivity (Wildman–Crippen MR) is 67.0 cm³/mol. The number of carbonyl (C=O) groups is 2. The van der Waals surface area contributed by atoms with Crippen molar-refractivity contribution in [3.63, 3.8) is 0 Å². The van der Waals surface area contributed by atoms with Crippen LogP contribution in [0.5, 0.6) is 0 Å². The Morgan fingerprint density at radius 3 is 2.37 bits per heavy atom. The number of likely N-dealkylation sites (tertiary alicyclic amines) is 1. The van der Waals surface area contributed by atoms with Gasteiger partial charge in [-0.1, -0.05) is 6.42 Å². The standard InChI is InChI=1S/C14H17NO4/c16-13(11-4-5-12(19-11)14(17)18)15-7-9-2-1-3-10(6-9)8-15/h4-5,9-10H,1-3,6-8H2,(H,17,18). The van der Waals surface area contributed by atoms with Crippen LogP contribution < -0.4 is 0 Å². The second-order valence-electron chi connectivity index (χ2n) is 5.58. The number of carbonyl (C=O) groups excluding carboxylic acids is 1. The maximum Gasteiger partial charge on any atom is 0.371 e. The molecule has 5 nitrogen and oxygen atoms in total. The van der Waals surface area contributed by atoms with Gasteiger partial charge in [-0.3, -0.25) is 4.79 Å². The van der Waals surface area contributed by atoms with Crippen LogP contribution in [0.3, 0.4) is 0 Å². The van der Waals surface area contributed by atoms with Gasteiger partial charge in [0.2, 0.25) is 5.76 Å². The Morgan fingerprint density at radius 1 is 1.16 bits per heavy atom. The van der Waals surface area contributed by atoms with E-state index < -0.39 is 5.97 Å². The van der Waals surface area contributed by atoms with E-state index in [1.165, 1.54) is 37.8 Å². The third kappa shape index (κ3) is 2.37. The van der Waals surface area contributed by atoms with E-state index in [4.69, 9.17) is 9.52 Å². The summed E-state index contributed by atoms with van der Waals surface area (Å²) in [4.78, 5) is 24.9. The van der Waals surface area contributed by atoms with Gasteiger partial charge in [0.05, 0.1) is 0 Å². The summed E-state index contributed by atoms with van der Waals surface area (Å²) in [6.07, 6.45) is 4.88. The van der Waals surface area contributed by atoms with E-state index in [9.17, 15) is 9.59 Å². The SMILES string of the molecule is O=C(O)c1ccc(C(=O)N2CC3CCCC(C3)C2)o1. The average molecular weight is 263 g/mol. The molecular formula is C14H17NO4. The molecule has 2 atom stereocenters. The predicted octanol–water partition coefficient (Wildman–Crippen LogP) is 2.24. The molecule has 1 N–H and O–H groups in total. The van der Waals surface area contributed by atoms with Crippen LogP contribution in [0.1, 0.15) is 46.8 Å². The lowest BCUT2D eigenvalue weighted by Crippen LogP contribution is -2.45. The van der Waals surface area contributed by atoms with Crippen molar-refractivity contribution in [2.24, 2.45) is 11.8 Å². The number of carboxylic acids is 1. The minimum absolute atomic E-state index is 0.136. The van der Waals surface area contributed by atoms with Crippen LogP contribution in [0.25, 0.3) is 0 Å². The van der Waals surface area contributed by atoms with Gasteiger partial charge >= 0.3 is 5.97 Å². The Bertz CT molecular complexity index is 495. The number of amides is 1. The lowest BCUT2D eigenvalue weighted by Gasteiger charge is -2.41. The highest BCUT2D eigenvalue weighted by Crippen LogP contribution is 2.34. The Hall–Kier alpha value is -1.78. The summed E-state index contributed by atoms with van der Waals surface area (Å²) in [5.74, 6) is -0.160.